The fourth-order valence-corrected chi connectivity index (χ4v) is 0.834. The van der Waals surface area contributed by atoms with E-state index in [-0.39, 0.29) is 23.1 Å². The van der Waals surface area contributed by atoms with Gasteiger partial charge >= 0.3 is 23.1 Å². The maximum Gasteiger partial charge on any atom is 2.00 e. The predicted octanol–water partition coefficient (Wildman–Crippen LogP) is -3.49. The number of carboxylic acids is 2. The van der Waals surface area contributed by atoms with E-state index in [1.165, 1.54) is 0 Å². The van der Waals surface area contributed by atoms with Crippen molar-refractivity contribution in [3.8, 4) is 0 Å². The molecule has 0 aromatic heterocycles. The summed E-state index contributed by atoms with van der Waals surface area (Å²) in [6.07, 6.45) is 0.0730. The van der Waals surface area contributed by atoms with Gasteiger partial charge in [0.25, 0.3) is 0 Å². The van der Waals surface area contributed by atoms with Crippen LogP contribution in [0.25, 0.3) is 0 Å². The summed E-state index contributed by atoms with van der Waals surface area (Å²) in [4.78, 5) is 32.3. The summed E-state index contributed by atoms with van der Waals surface area (Å²) in [5.41, 5.74) is 0. The van der Waals surface area contributed by atoms with Gasteiger partial charge in [-0.15, -0.1) is 0 Å². The third kappa shape index (κ3) is 5.38. The molecule has 0 aromatic rings. The Morgan fingerprint density at radius 3 is 2.13 bits per heavy atom. The molecular weight excluding hydrogens is 214 g/mol. The van der Waals surface area contributed by atoms with Crippen molar-refractivity contribution in [3.05, 3.63) is 12.7 Å². The second kappa shape index (κ2) is 7.24. The molecule has 1 amide bonds. The minimum atomic E-state index is -1.65. The molecule has 78 valence electrons. The van der Waals surface area contributed by atoms with E-state index in [1.807, 2.05) is 0 Å². The average Bonchev–Trinajstić information content (AvgIpc) is 2.11. The van der Waals surface area contributed by atoms with E-state index in [0.29, 0.717) is 0 Å². The smallest absolute Gasteiger partial charge is 0.550 e. The van der Waals surface area contributed by atoms with Crippen LogP contribution in [0.3, 0.4) is 0 Å². The van der Waals surface area contributed by atoms with Gasteiger partial charge in [0, 0.05) is 19.4 Å². The van der Waals surface area contributed by atoms with E-state index in [1.54, 1.807) is 0 Å². The van der Waals surface area contributed by atoms with Crippen molar-refractivity contribution in [1.29, 1.82) is 0 Å². The fraction of sp³-hybridized carbons (Fsp3) is 0.375. The molecule has 0 bridgehead atoms. The number of carbonyl (C=O) groups excluding carboxylic acids is 3. The zero-order chi connectivity index (χ0) is 11.3. The van der Waals surface area contributed by atoms with Crippen LogP contribution in [0, 0.1) is 0 Å². The molecule has 0 spiro atoms. The second-order valence-electron chi connectivity index (χ2n) is 2.56. The molecule has 0 saturated carbocycles. The minimum absolute atomic E-state index is 0. The molecule has 7 heteroatoms. The predicted molar refractivity (Wildman–Crippen MR) is 47.1 cm³/mol. The Labute approximate surface area is 103 Å². The SMILES string of the molecule is C=CC(=O)N(C)[C@H](CC(=O)[O-])C(=O)[O-].[Mg+2]. The van der Waals surface area contributed by atoms with Crippen LogP contribution < -0.4 is 10.2 Å². The molecule has 0 aliphatic heterocycles. The summed E-state index contributed by atoms with van der Waals surface area (Å²) in [6.45, 7) is 3.13. The fourth-order valence-electron chi connectivity index (χ4n) is 0.834. The molecule has 0 aliphatic rings. The summed E-state index contributed by atoms with van der Waals surface area (Å²) in [5, 5.41) is 20.6. The van der Waals surface area contributed by atoms with Gasteiger partial charge in [0.15, 0.2) is 0 Å². The number of hydrogen-bond donors (Lipinski definition) is 0. The molecule has 6 nitrogen and oxygen atoms in total. The van der Waals surface area contributed by atoms with Crippen LogP contribution in [-0.2, 0) is 14.4 Å². The first-order valence-corrected chi connectivity index (χ1v) is 3.70. The number of carbonyl (C=O) groups is 3. The van der Waals surface area contributed by atoms with Gasteiger partial charge in [-0.2, -0.15) is 0 Å². The van der Waals surface area contributed by atoms with Crippen molar-refractivity contribution < 1.29 is 24.6 Å². The van der Waals surface area contributed by atoms with E-state index in [0.717, 1.165) is 18.0 Å². The Balaban J connectivity index is 0. The van der Waals surface area contributed by atoms with Gasteiger partial charge in [-0.1, -0.05) is 6.58 Å². The van der Waals surface area contributed by atoms with Gasteiger partial charge in [-0.3, -0.25) is 4.79 Å². The van der Waals surface area contributed by atoms with Crippen molar-refractivity contribution in [3.63, 3.8) is 0 Å². The van der Waals surface area contributed by atoms with E-state index in [9.17, 15) is 24.6 Å². The third-order valence-corrected chi connectivity index (χ3v) is 1.62. The molecule has 0 aromatic carbocycles. The first-order chi connectivity index (χ1) is 6.40. The summed E-state index contributed by atoms with van der Waals surface area (Å²) >= 11 is 0. The molecule has 0 heterocycles. The summed E-state index contributed by atoms with van der Waals surface area (Å²) in [5.74, 6) is -3.91. The monoisotopic (exact) mass is 223 g/mol. The van der Waals surface area contributed by atoms with Crippen molar-refractivity contribution in [2.45, 2.75) is 12.5 Å². The number of rotatable bonds is 5. The normalized spacial score (nSPS) is 10.7. The molecular formula is C8H9MgNO5. The van der Waals surface area contributed by atoms with Crippen LogP contribution in [-0.4, -0.2) is 58.9 Å². The van der Waals surface area contributed by atoms with E-state index in [2.05, 4.69) is 6.58 Å². The zero-order valence-electron chi connectivity index (χ0n) is 8.26. The maximum absolute atomic E-state index is 10.9. The van der Waals surface area contributed by atoms with Crippen LogP contribution >= 0.6 is 0 Å². The first kappa shape index (κ1) is 16.3. The molecule has 15 heavy (non-hydrogen) atoms. The Hall–Kier alpha value is -1.08. The molecule has 0 saturated heterocycles. The molecule has 0 unspecified atom stereocenters. The summed E-state index contributed by atoms with van der Waals surface area (Å²) in [6, 6.07) is -1.54. The third-order valence-electron chi connectivity index (χ3n) is 1.62. The molecule has 0 aliphatic carbocycles. The topological polar surface area (TPSA) is 101 Å². The Morgan fingerprint density at radius 2 is 1.87 bits per heavy atom. The van der Waals surface area contributed by atoms with Crippen LogP contribution in [0.5, 0.6) is 0 Å². The van der Waals surface area contributed by atoms with Gasteiger partial charge in [0.1, 0.15) is 0 Å². The van der Waals surface area contributed by atoms with Crippen LogP contribution in [0.15, 0.2) is 12.7 Å². The number of nitrogens with zero attached hydrogens (tertiary/aromatic N) is 1. The number of aliphatic carboxylic acids is 2. The molecule has 0 N–H and O–H groups in total. The molecule has 0 rings (SSSR count). The molecule has 0 fully saturated rings. The molecule has 0 radical (unpaired) electrons. The number of hydrogen-bond acceptors (Lipinski definition) is 5. The number of amides is 1. The first-order valence-electron chi connectivity index (χ1n) is 3.70. The van der Waals surface area contributed by atoms with Crippen LogP contribution in [0.2, 0.25) is 0 Å². The zero-order valence-corrected chi connectivity index (χ0v) is 9.68. The van der Waals surface area contributed by atoms with Gasteiger partial charge in [0.2, 0.25) is 5.91 Å². The molecule has 1 atom stereocenters. The van der Waals surface area contributed by atoms with Crippen molar-refractivity contribution in [2.24, 2.45) is 0 Å². The van der Waals surface area contributed by atoms with E-state index >= 15 is 0 Å². The Morgan fingerprint density at radius 1 is 1.40 bits per heavy atom. The van der Waals surface area contributed by atoms with Gasteiger partial charge in [0.05, 0.1) is 12.0 Å². The Kier molecular flexibility index (Phi) is 7.89. The van der Waals surface area contributed by atoms with E-state index in [4.69, 9.17) is 0 Å². The van der Waals surface area contributed by atoms with Crippen molar-refractivity contribution in [1.82, 2.24) is 4.90 Å². The van der Waals surface area contributed by atoms with E-state index < -0.39 is 30.3 Å². The van der Waals surface area contributed by atoms with Gasteiger partial charge in [-0.25, -0.2) is 0 Å². The quantitative estimate of drug-likeness (QED) is 0.356. The minimum Gasteiger partial charge on any atom is -0.550 e. The number of likely N-dealkylation sites (N-methyl/N-ethyl adjacent to an activating group) is 1. The largest absolute Gasteiger partial charge is 2.00 e. The standard InChI is InChI=1S/C8H11NO5.Mg/c1-3-6(10)9(2)5(8(13)14)4-7(11)12;/h3,5H,1,4H2,2H3,(H,11,12)(H,13,14);/q;+2/p-2/t5-;/m1./s1. The van der Waals surface area contributed by atoms with Crippen molar-refractivity contribution >= 4 is 40.9 Å². The number of carboxylic acid groups (broad SMARTS) is 2. The van der Waals surface area contributed by atoms with Gasteiger partial charge < -0.3 is 24.7 Å². The van der Waals surface area contributed by atoms with Gasteiger partial charge in [-0.05, 0) is 6.08 Å². The van der Waals surface area contributed by atoms with Crippen molar-refractivity contribution in [2.75, 3.05) is 7.05 Å². The maximum atomic E-state index is 10.9. The Bertz CT molecular complexity index is 278. The summed E-state index contributed by atoms with van der Waals surface area (Å²) in [7, 11) is 1.15. The van der Waals surface area contributed by atoms with Crippen LogP contribution in [0.1, 0.15) is 6.42 Å². The average molecular weight is 223 g/mol. The van der Waals surface area contributed by atoms with Crippen LogP contribution in [0.4, 0.5) is 0 Å². The second-order valence-corrected chi connectivity index (χ2v) is 2.56. The summed E-state index contributed by atoms with van der Waals surface area (Å²) < 4.78 is 0.